The molecule has 228 valence electrons. The average molecular weight is 1040 g/mol. The zero-order chi connectivity index (χ0) is 31.5. The molecule has 0 spiro atoms. The predicted molar refractivity (Wildman–Crippen MR) is 191 cm³/mol. The van der Waals surface area contributed by atoms with Crippen LogP contribution in [0.1, 0.15) is 11.1 Å². The summed E-state index contributed by atoms with van der Waals surface area (Å²) >= 11 is 8.32. The topological polar surface area (TPSA) is 152 Å². The lowest BCUT2D eigenvalue weighted by atomic mass is 10.1. The first-order valence-electron chi connectivity index (χ1n) is 12.4. The van der Waals surface area contributed by atoms with Crippen molar-refractivity contribution >= 4 is 114 Å². The zero-order valence-electron chi connectivity index (χ0n) is 22.4. The van der Waals surface area contributed by atoms with Crippen LogP contribution in [0.2, 0.25) is 0 Å². The first-order valence-corrected chi connectivity index (χ1v) is 16.7. The summed E-state index contributed by atoms with van der Waals surface area (Å²) in [4.78, 5) is 48.9. The van der Waals surface area contributed by atoms with Crippen LogP contribution < -0.4 is 20.7 Å². The molecule has 0 heterocycles. The van der Waals surface area contributed by atoms with Gasteiger partial charge in [0.15, 0.2) is 5.75 Å². The quantitative estimate of drug-likeness (QED) is 0.149. The van der Waals surface area contributed by atoms with Gasteiger partial charge in [0, 0.05) is 6.42 Å². The van der Waals surface area contributed by atoms with Crippen LogP contribution in [0.5, 0.6) is 17.2 Å². The molecule has 3 aromatic carbocycles. The Hall–Kier alpha value is -2.14. The van der Waals surface area contributed by atoms with Crippen molar-refractivity contribution in [1.29, 1.82) is 0 Å². The van der Waals surface area contributed by atoms with Crippen molar-refractivity contribution in [1.82, 2.24) is 16.0 Å². The third kappa shape index (κ3) is 11.4. The van der Waals surface area contributed by atoms with E-state index in [0.29, 0.717) is 18.6 Å². The van der Waals surface area contributed by atoms with E-state index in [1.165, 1.54) is 7.11 Å². The number of halogens is 4. The summed E-state index contributed by atoms with van der Waals surface area (Å²) in [7, 11) is 1.22. The Morgan fingerprint density at radius 1 is 0.814 bits per heavy atom. The number of hydrogen-bond acceptors (Lipinski definition) is 8. The van der Waals surface area contributed by atoms with Crippen molar-refractivity contribution in [2.45, 2.75) is 19.1 Å². The van der Waals surface area contributed by atoms with Gasteiger partial charge in [0.2, 0.25) is 11.8 Å². The molecule has 1 atom stereocenters. The minimum absolute atomic E-state index is 0.0523. The third-order valence-electron chi connectivity index (χ3n) is 5.58. The zero-order valence-corrected chi connectivity index (χ0v) is 31.0. The summed E-state index contributed by atoms with van der Waals surface area (Å²) in [6.45, 7) is -0.759. The molecule has 3 rings (SSSR count). The number of methoxy groups -OCH3 is 1. The minimum atomic E-state index is -1.01. The highest BCUT2D eigenvalue weighted by Gasteiger charge is 2.24. The maximum absolute atomic E-state index is 12.5. The van der Waals surface area contributed by atoms with Crippen LogP contribution in [0, 0.1) is 14.3 Å². The van der Waals surface area contributed by atoms with Crippen LogP contribution in [0.15, 0.2) is 54.6 Å². The normalized spacial score (nSPS) is 11.2. The van der Waals surface area contributed by atoms with Gasteiger partial charge in [-0.2, -0.15) is 0 Å². The first kappa shape index (κ1) is 35.3. The number of amides is 3. The summed E-state index contributed by atoms with van der Waals surface area (Å²) in [5.41, 5.74) is 1.54. The number of aromatic hydroxyl groups is 1. The highest BCUT2D eigenvalue weighted by atomic mass is 127. The lowest BCUT2D eigenvalue weighted by Gasteiger charge is -2.18. The van der Waals surface area contributed by atoms with Gasteiger partial charge in [-0.25, -0.2) is 9.59 Å². The molecule has 0 radical (unpaired) electrons. The number of phenols is 1. The van der Waals surface area contributed by atoms with Crippen LogP contribution in [0.25, 0.3) is 0 Å². The smallest absolute Gasteiger partial charge is 0.407 e. The molecule has 0 aliphatic heterocycles. The largest absolute Gasteiger partial charge is 0.506 e. The molecule has 0 aliphatic carbocycles. The highest BCUT2D eigenvalue weighted by Crippen LogP contribution is 2.37. The summed E-state index contributed by atoms with van der Waals surface area (Å²) in [6.07, 6.45) is -0.648. The SMILES string of the molecule is COC(=O)[C@H](Cc1cc(I)c(Oc2cc(I)c(O)c(I)c2)c(I)c1)NC(=O)CNC(=O)CNC(=O)OCc1ccccc1. The molecule has 3 amide bonds. The highest BCUT2D eigenvalue weighted by molar-refractivity contribution is 14.1. The fourth-order valence-corrected chi connectivity index (χ4v) is 7.36. The Labute approximate surface area is 302 Å². The number of benzene rings is 3. The van der Waals surface area contributed by atoms with E-state index in [2.05, 4.69) is 61.1 Å². The van der Waals surface area contributed by atoms with Gasteiger partial charge in [-0.1, -0.05) is 30.3 Å². The van der Waals surface area contributed by atoms with Crippen molar-refractivity contribution in [3.63, 3.8) is 0 Å². The Morgan fingerprint density at radius 3 is 2.02 bits per heavy atom. The number of phenolic OH excluding ortho intramolecular Hbond substituents is 1. The molecule has 0 unspecified atom stereocenters. The number of esters is 1. The Balaban J connectivity index is 1.53. The Morgan fingerprint density at radius 2 is 1.42 bits per heavy atom. The second-order valence-corrected chi connectivity index (χ2v) is 13.4. The molecule has 0 aliphatic rings. The van der Waals surface area contributed by atoms with Gasteiger partial charge in [-0.3, -0.25) is 9.59 Å². The maximum Gasteiger partial charge on any atom is 0.407 e. The molecular weight excluding hydrogens is 1010 g/mol. The van der Waals surface area contributed by atoms with Crippen molar-refractivity contribution in [2.24, 2.45) is 0 Å². The fraction of sp³-hybridized carbons (Fsp3) is 0.214. The molecule has 15 heteroatoms. The van der Waals surface area contributed by atoms with Gasteiger partial charge in [-0.15, -0.1) is 0 Å². The van der Waals surface area contributed by atoms with E-state index in [1.807, 2.05) is 75.5 Å². The van der Waals surface area contributed by atoms with E-state index in [0.717, 1.165) is 18.3 Å². The van der Waals surface area contributed by atoms with E-state index in [1.54, 1.807) is 24.3 Å². The molecule has 0 fully saturated rings. The minimum Gasteiger partial charge on any atom is -0.506 e. The van der Waals surface area contributed by atoms with E-state index in [-0.39, 0.29) is 18.8 Å². The van der Waals surface area contributed by atoms with Crippen LogP contribution in [0.3, 0.4) is 0 Å². The van der Waals surface area contributed by atoms with Gasteiger partial charge >= 0.3 is 12.1 Å². The number of alkyl carbamates (subject to hydrolysis) is 1. The monoisotopic (exact) mass is 1040 g/mol. The van der Waals surface area contributed by atoms with Crippen molar-refractivity contribution in [3.05, 3.63) is 80.0 Å². The Kier molecular flexibility index (Phi) is 14.3. The number of ether oxygens (including phenoxy) is 3. The first-order chi connectivity index (χ1) is 20.5. The number of nitrogens with one attached hydrogen (secondary N) is 3. The van der Waals surface area contributed by atoms with Crippen molar-refractivity contribution in [2.75, 3.05) is 20.2 Å². The molecule has 4 N–H and O–H groups in total. The summed E-state index contributed by atoms with van der Waals surface area (Å²) < 4.78 is 18.9. The van der Waals surface area contributed by atoms with E-state index in [4.69, 9.17) is 14.2 Å². The maximum atomic E-state index is 12.5. The molecule has 0 aromatic heterocycles. The number of carbonyl (C=O) groups is 4. The van der Waals surface area contributed by atoms with Crippen LogP contribution in [-0.2, 0) is 36.9 Å². The number of carbonyl (C=O) groups excluding carboxylic acids is 4. The summed E-state index contributed by atoms with van der Waals surface area (Å²) in [5, 5.41) is 17.3. The Bertz CT molecular complexity index is 1440. The summed E-state index contributed by atoms with van der Waals surface area (Å²) in [5.74, 6) is -0.506. The fourth-order valence-electron chi connectivity index (χ4n) is 3.53. The lowest BCUT2D eigenvalue weighted by molar-refractivity contribution is -0.145. The van der Waals surface area contributed by atoms with Crippen LogP contribution >= 0.6 is 90.4 Å². The average Bonchev–Trinajstić information content (AvgIpc) is 2.98. The van der Waals surface area contributed by atoms with Crippen LogP contribution in [0.4, 0.5) is 4.79 Å². The summed E-state index contributed by atoms with van der Waals surface area (Å²) in [6, 6.07) is 15.2. The lowest BCUT2D eigenvalue weighted by Crippen LogP contribution is -2.48. The second kappa shape index (κ2) is 17.4. The standard InChI is InChI=1S/C28H25I4N3O8/c1-41-27(39)22(35-24(37)13-33-23(36)12-34-28(40)42-14-15-5-3-2-4-6-15)9-16-7-20(31)26(21(32)8-16)43-17-10-18(29)25(38)19(30)11-17/h2-8,10-11,22,38H,9,12-14H2,1H3,(H,33,36)(H,34,40)(H,35,37)/t22-/m0/s1. The van der Waals surface area contributed by atoms with Gasteiger partial charge < -0.3 is 35.3 Å². The number of hydrogen-bond donors (Lipinski definition) is 4. The van der Waals surface area contributed by atoms with E-state index in [9.17, 15) is 24.3 Å². The molecule has 11 nitrogen and oxygen atoms in total. The molecule has 0 bridgehead atoms. The third-order valence-corrected chi connectivity index (χ3v) is 8.83. The van der Waals surface area contributed by atoms with Gasteiger partial charge in [0.1, 0.15) is 30.7 Å². The molecular formula is C28H25I4N3O8. The molecule has 0 saturated heterocycles. The van der Waals surface area contributed by atoms with Gasteiger partial charge in [0.05, 0.1) is 27.9 Å². The van der Waals surface area contributed by atoms with E-state index < -0.39 is 43.0 Å². The predicted octanol–water partition coefficient (Wildman–Crippen LogP) is 4.85. The molecule has 3 aromatic rings. The van der Waals surface area contributed by atoms with Crippen molar-refractivity contribution in [3.8, 4) is 17.2 Å². The van der Waals surface area contributed by atoms with Crippen molar-refractivity contribution < 1.29 is 38.5 Å². The van der Waals surface area contributed by atoms with Crippen LogP contribution in [-0.4, -0.2) is 55.2 Å². The second-order valence-electron chi connectivity index (χ2n) is 8.77. The van der Waals surface area contributed by atoms with Gasteiger partial charge in [0.25, 0.3) is 0 Å². The molecule has 43 heavy (non-hydrogen) atoms. The van der Waals surface area contributed by atoms with E-state index >= 15 is 0 Å². The molecule has 0 saturated carbocycles. The van der Waals surface area contributed by atoms with Gasteiger partial charge in [-0.05, 0) is 126 Å². The number of rotatable bonds is 12.